The van der Waals surface area contributed by atoms with E-state index >= 15 is 0 Å². The first kappa shape index (κ1) is 13.5. The van der Waals surface area contributed by atoms with Crippen molar-refractivity contribution < 1.29 is 4.39 Å². The maximum Gasteiger partial charge on any atom is 0.165 e. The zero-order chi connectivity index (χ0) is 13.3. The largest absolute Gasteiger partial charge is 0.307 e. The van der Waals surface area contributed by atoms with Gasteiger partial charge in [0, 0.05) is 16.1 Å². The van der Waals surface area contributed by atoms with E-state index in [0.29, 0.717) is 22.0 Å². The first-order valence-corrected chi connectivity index (χ1v) is 6.82. The van der Waals surface area contributed by atoms with Crippen LogP contribution in [-0.2, 0) is 5.88 Å². The molecule has 6 heteroatoms. The van der Waals surface area contributed by atoms with Gasteiger partial charge in [-0.15, -0.1) is 21.8 Å². The Labute approximate surface area is 118 Å². The summed E-state index contributed by atoms with van der Waals surface area (Å²) in [6.45, 7) is 4.06. The molecule has 0 aliphatic rings. The number of aromatic nitrogens is 3. The molecule has 0 aliphatic heterocycles. The fourth-order valence-electron chi connectivity index (χ4n) is 1.81. The summed E-state index contributed by atoms with van der Waals surface area (Å²) >= 11 is 9.19. The van der Waals surface area contributed by atoms with Gasteiger partial charge in [-0.3, -0.25) is 0 Å². The molecule has 0 bridgehead atoms. The van der Waals surface area contributed by atoms with Gasteiger partial charge < -0.3 is 4.57 Å². The maximum atomic E-state index is 13.1. The highest BCUT2D eigenvalue weighted by molar-refractivity contribution is 9.10. The quantitative estimate of drug-likeness (QED) is 0.790. The van der Waals surface area contributed by atoms with E-state index in [1.165, 1.54) is 12.1 Å². The lowest BCUT2D eigenvalue weighted by Gasteiger charge is -2.13. The Morgan fingerprint density at radius 1 is 1.39 bits per heavy atom. The van der Waals surface area contributed by atoms with Crippen LogP contribution < -0.4 is 0 Å². The Kier molecular flexibility index (Phi) is 4.02. The summed E-state index contributed by atoms with van der Waals surface area (Å²) in [5.41, 5.74) is 0.800. The van der Waals surface area contributed by atoms with Gasteiger partial charge in [0.25, 0.3) is 0 Å². The lowest BCUT2D eigenvalue weighted by atomic mass is 10.2. The van der Waals surface area contributed by atoms with Crippen LogP contribution in [0.1, 0.15) is 25.7 Å². The molecule has 1 heterocycles. The molecule has 0 N–H and O–H groups in total. The molecule has 96 valence electrons. The van der Waals surface area contributed by atoms with Crippen molar-refractivity contribution in [1.29, 1.82) is 0 Å². The average molecular weight is 333 g/mol. The molecule has 0 radical (unpaired) electrons. The first-order valence-electron chi connectivity index (χ1n) is 5.49. The third kappa shape index (κ3) is 2.42. The van der Waals surface area contributed by atoms with Crippen LogP contribution in [0.15, 0.2) is 22.7 Å². The minimum atomic E-state index is -0.293. The summed E-state index contributed by atoms with van der Waals surface area (Å²) < 4.78 is 15.7. The van der Waals surface area contributed by atoms with Gasteiger partial charge in [0.15, 0.2) is 5.82 Å². The summed E-state index contributed by atoms with van der Waals surface area (Å²) in [5.74, 6) is 1.40. The topological polar surface area (TPSA) is 30.7 Å². The van der Waals surface area contributed by atoms with Crippen LogP contribution in [0.3, 0.4) is 0 Å². The molecule has 0 aliphatic carbocycles. The Balaban J connectivity index is 2.60. The lowest BCUT2D eigenvalue weighted by molar-refractivity contribution is 0.584. The van der Waals surface area contributed by atoms with Crippen molar-refractivity contribution in [1.82, 2.24) is 14.8 Å². The van der Waals surface area contributed by atoms with Gasteiger partial charge >= 0.3 is 0 Å². The Morgan fingerprint density at radius 3 is 2.67 bits per heavy atom. The summed E-state index contributed by atoms with van der Waals surface area (Å²) in [6.07, 6.45) is 0. The molecule has 0 spiro atoms. The Hall–Kier alpha value is -0.940. The van der Waals surface area contributed by atoms with Crippen LogP contribution in [0.4, 0.5) is 4.39 Å². The van der Waals surface area contributed by atoms with E-state index in [1.54, 1.807) is 6.07 Å². The van der Waals surface area contributed by atoms with Crippen molar-refractivity contribution in [2.75, 3.05) is 0 Å². The second-order valence-electron chi connectivity index (χ2n) is 4.16. The predicted molar refractivity (Wildman–Crippen MR) is 73.1 cm³/mol. The molecule has 0 saturated heterocycles. The lowest BCUT2D eigenvalue weighted by Crippen LogP contribution is -2.07. The van der Waals surface area contributed by atoms with Gasteiger partial charge in [-0.05, 0) is 48.0 Å². The van der Waals surface area contributed by atoms with Crippen LogP contribution in [0.5, 0.6) is 0 Å². The molecular weight excluding hydrogens is 321 g/mol. The highest BCUT2D eigenvalue weighted by Crippen LogP contribution is 2.30. The molecule has 2 rings (SSSR count). The molecule has 0 fully saturated rings. The van der Waals surface area contributed by atoms with Gasteiger partial charge in [0.05, 0.1) is 5.88 Å². The molecule has 2 aromatic rings. The molecular formula is C12H12BrClFN3. The summed E-state index contributed by atoms with van der Waals surface area (Å²) in [4.78, 5) is 0. The second kappa shape index (κ2) is 5.36. The van der Waals surface area contributed by atoms with Crippen molar-refractivity contribution in [2.24, 2.45) is 0 Å². The first-order chi connectivity index (χ1) is 8.54. The number of hydrogen-bond acceptors (Lipinski definition) is 2. The number of halogens is 3. The molecule has 0 atom stereocenters. The Bertz CT molecular complexity index is 568. The molecule has 0 unspecified atom stereocenters. The Morgan fingerprint density at radius 2 is 2.11 bits per heavy atom. The van der Waals surface area contributed by atoms with Gasteiger partial charge in [0.2, 0.25) is 0 Å². The number of alkyl halides is 1. The van der Waals surface area contributed by atoms with Crippen molar-refractivity contribution in [3.63, 3.8) is 0 Å². The van der Waals surface area contributed by atoms with Crippen molar-refractivity contribution in [3.8, 4) is 11.4 Å². The van der Waals surface area contributed by atoms with Gasteiger partial charge in [-0.2, -0.15) is 0 Å². The summed E-state index contributed by atoms with van der Waals surface area (Å²) in [7, 11) is 0. The van der Waals surface area contributed by atoms with Crippen LogP contribution in [-0.4, -0.2) is 14.8 Å². The fraction of sp³-hybridized carbons (Fsp3) is 0.333. The van der Waals surface area contributed by atoms with Gasteiger partial charge in [-0.1, -0.05) is 0 Å². The summed E-state index contributed by atoms with van der Waals surface area (Å²) in [6, 6.07) is 4.68. The molecule has 0 saturated carbocycles. The number of nitrogens with zero attached hydrogens (tertiary/aromatic N) is 3. The van der Waals surface area contributed by atoms with E-state index < -0.39 is 0 Å². The van der Waals surface area contributed by atoms with Crippen molar-refractivity contribution >= 4 is 27.5 Å². The van der Waals surface area contributed by atoms with E-state index in [0.717, 1.165) is 5.56 Å². The van der Waals surface area contributed by atoms with Gasteiger partial charge in [-0.25, -0.2) is 4.39 Å². The minimum absolute atomic E-state index is 0.181. The van der Waals surface area contributed by atoms with Gasteiger partial charge in [0.1, 0.15) is 11.6 Å². The highest BCUT2D eigenvalue weighted by atomic mass is 79.9. The molecule has 18 heavy (non-hydrogen) atoms. The average Bonchev–Trinajstić information content (AvgIpc) is 2.72. The number of benzene rings is 1. The normalized spacial score (nSPS) is 11.2. The van der Waals surface area contributed by atoms with E-state index in [9.17, 15) is 4.39 Å². The molecule has 3 nitrogen and oxygen atoms in total. The van der Waals surface area contributed by atoms with Crippen LogP contribution in [0.25, 0.3) is 11.4 Å². The zero-order valence-electron chi connectivity index (χ0n) is 9.99. The molecule has 1 aromatic carbocycles. The SMILES string of the molecule is CC(C)n1c(CCl)nnc1-c1ccc(F)cc1Br. The van der Waals surface area contributed by atoms with E-state index in [1.807, 2.05) is 18.4 Å². The van der Waals surface area contributed by atoms with Crippen LogP contribution in [0.2, 0.25) is 0 Å². The molecule has 0 amide bonds. The fourth-order valence-corrected chi connectivity index (χ4v) is 2.52. The zero-order valence-corrected chi connectivity index (χ0v) is 12.3. The van der Waals surface area contributed by atoms with E-state index in [4.69, 9.17) is 11.6 Å². The maximum absolute atomic E-state index is 13.1. The smallest absolute Gasteiger partial charge is 0.165 e. The third-order valence-electron chi connectivity index (χ3n) is 2.57. The third-order valence-corrected chi connectivity index (χ3v) is 3.47. The van der Waals surface area contributed by atoms with E-state index in [2.05, 4.69) is 26.1 Å². The highest BCUT2D eigenvalue weighted by Gasteiger charge is 2.17. The number of rotatable bonds is 3. The second-order valence-corrected chi connectivity index (χ2v) is 5.28. The predicted octanol–water partition coefficient (Wildman–Crippen LogP) is 4.17. The minimum Gasteiger partial charge on any atom is -0.307 e. The van der Waals surface area contributed by atoms with Crippen molar-refractivity contribution in [2.45, 2.75) is 25.8 Å². The monoisotopic (exact) mass is 331 g/mol. The van der Waals surface area contributed by atoms with E-state index in [-0.39, 0.29) is 11.9 Å². The standard InChI is InChI=1S/C12H12BrClFN3/c1-7(2)18-11(6-14)16-17-12(18)9-4-3-8(15)5-10(9)13/h3-5,7H,6H2,1-2H3. The summed E-state index contributed by atoms with van der Waals surface area (Å²) in [5, 5.41) is 8.21. The number of hydrogen-bond donors (Lipinski definition) is 0. The van der Waals surface area contributed by atoms with Crippen molar-refractivity contribution in [3.05, 3.63) is 34.3 Å². The van der Waals surface area contributed by atoms with Crippen LogP contribution >= 0.6 is 27.5 Å². The molecule has 1 aromatic heterocycles. The van der Waals surface area contributed by atoms with Crippen LogP contribution in [0, 0.1) is 5.82 Å².